The molecule has 0 radical (unpaired) electrons. The molecular formula is C16H16ClN3S2. The number of benzene rings is 2. The molecule has 0 bridgehead atoms. The van der Waals surface area contributed by atoms with Crippen molar-refractivity contribution >= 4 is 52.1 Å². The predicted molar refractivity (Wildman–Crippen MR) is 98.7 cm³/mol. The average Bonchev–Trinajstić information content (AvgIpc) is 2.95. The van der Waals surface area contributed by atoms with E-state index in [2.05, 4.69) is 34.4 Å². The van der Waals surface area contributed by atoms with Gasteiger partial charge < -0.3 is 9.29 Å². The van der Waals surface area contributed by atoms with Crippen molar-refractivity contribution in [3.63, 3.8) is 0 Å². The molecule has 0 unspecified atom stereocenters. The van der Waals surface area contributed by atoms with Gasteiger partial charge in [0.15, 0.2) is 0 Å². The topological polar surface area (TPSA) is 45.0 Å². The summed E-state index contributed by atoms with van der Waals surface area (Å²) in [6, 6.07) is 14.4. The number of aromatic amines is 1. The number of nitrogens with two attached hydrogens (primary N) is 1. The van der Waals surface area contributed by atoms with Crippen molar-refractivity contribution in [2.75, 3.05) is 10.8 Å². The number of hydrogen-bond acceptors (Lipinski definition) is 4. The van der Waals surface area contributed by atoms with Crippen molar-refractivity contribution in [1.29, 1.82) is 0 Å². The molecule has 0 atom stereocenters. The minimum atomic E-state index is 0.752. The lowest BCUT2D eigenvalue weighted by atomic mass is 10.2. The summed E-state index contributed by atoms with van der Waals surface area (Å²) in [6.45, 7) is 3.02. The molecule has 0 saturated heterocycles. The van der Waals surface area contributed by atoms with Crippen LogP contribution in [0.4, 0.5) is 5.69 Å². The van der Waals surface area contributed by atoms with Crippen LogP contribution in [0.2, 0.25) is 5.02 Å². The van der Waals surface area contributed by atoms with Gasteiger partial charge >= 0.3 is 0 Å². The monoisotopic (exact) mass is 349 g/mol. The fourth-order valence-corrected chi connectivity index (χ4v) is 3.70. The largest absolute Gasteiger partial charge is 0.358 e. The van der Waals surface area contributed by atoms with E-state index in [4.69, 9.17) is 16.7 Å². The van der Waals surface area contributed by atoms with Crippen molar-refractivity contribution in [2.45, 2.75) is 16.7 Å². The highest BCUT2D eigenvalue weighted by Crippen LogP contribution is 2.36. The van der Waals surface area contributed by atoms with Gasteiger partial charge in [0, 0.05) is 27.9 Å². The summed E-state index contributed by atoms with van der Waals surface area (Å²) in [5, 5.41) is 7.37. The van der Waals surface area contributed by atoms with E-state index in [0.717, 1.165) is 33.1 Å². The summed E-state index contributed by atoms with van der Waals surface area (Å²) >= 11 is 9.18. The first-order valence-corrected chi connectivity index (χ1v) is 8.94. The van der Waals surface area contributed by atoms with Crippen LogP contribution < -0.4 is 9.44 Å². The maximum Gasteiger partial charge on any atom is 0.0715 e. The normalized spacial score (nSPS) is 11.0. The summed E-state index contributed by atoms with van der Waals surface area (Å²) < 4.78 is 2.25. The van der Waals surface area contributed by atoms with Crippen LogP contribution in [0.15, 0.2) is 58.5 Å². The molecule has 3 N–H and O–H groups in total. The third-order valence-corrected chi connectivity index (χ3v) is 5.39. The lowest BCUT2D eigenvalue weighted by Gasteiger charge is -2.22. The first-order chi connectivity index (χ1) is 10.7. The molecular weight excluding hydrogens is 334 g/mol. The summed E-state index contributed by atoms with van der Waals surface area (Å²) in [7, 11) is 0. The molecule has 114 valence electrons. The summed E-state index contributed by atoms with van der Waals surface area (Å²) in [4.78, 5) is 5.50. The molecule has 0 amide bonds. The van der Waals surface area contributed by atoms with E-state index in [1.165, 1.54) is 16.8 Å². The first-order valence-electron chi connectivity index (χ1n) is 6.91. The van der Waals surface area contributed by atoms with Crippen LogP contribution in [0.1, 0.15) is 6.92 Å². The van der Waals surface area contributed by atoms with Crippen molar-refractivity contribution < 1.29 is 0 Å². The third kappa shape index (κ3) is 3.08. The Labute approximate surface area is 143 Å². The maximum absolute atomic E-state index is 6.22. The van der Waals surface area contributed by atoms with Gasteiger partial charge in [0.25, 0.3) is 0 Å². The molecule has 0 aliphatic rings. The maximum atomic E-state index is 6.22. The number of anilines is 1. The molecule has 3 rings (SSSR count). The van der Waals surface area contributed by atoms with E-state index in [1.807, 2.05) is 30.5 Å². The van der Waals surface area contributed by atoms with Crippen molar-refractivity contribution in [3.8, 4) is 0 Å². The van der Waals surface area contributed by atoms with Gasteiger partial charge in [-0.25, -0.2) is 0 Å². The van der Waals surface area contributed by atoms with Gasteiger partial charge in [-0.1, -0.05) is 23.7 Å². The molecule has 0 aliphatic heterocycles. The molecule has 22 heavy (non-hydrogen) atoms. The van der Waals surface area contributed by atoms with Gasteiger partial charge in [0.05, 0.1) is 16.2 Å². The highest BCUT2D eigenvalue weighted by atomic mass is 35.5. The molecule has 3 nitrogen and oxygen atoms in total. The Balaban J connectivity index is 1.92. The van der Waals surface area contributed by atoms with Crippen molar-refractivity contribution in [2.24, 2.45) is 5.14 Å². The lowest BCUT2D eigenvalue weighted by molar-refractivity contribution is 1.11. The van der Waals surface area contributed by atoms with Gasteiger partial charge in [-0.05, 0) is 61.2 Å². The van der Waals surface area contributed by atoms with Gasteiger partial charge in [-0.3, -0.25) is 5.14 Å². The fraction of sp³-hybridized carbons (Fsp3) is 0.125. The molecule has 0 fully saturated rings. The number of aromatic nitrogens is 1. The number of halogens is 1. The minimum absolute atomic E-state index is 0.752. The van der Waals surface area contributed by atoms with Gasteiger partial charge in [-0.2, -0.15) is 0 Å². The molecule has 0 spiro atoms. The second kappa shape index (κ2) is 6.87. The summed E-state index contributed by atoms with van der Waals surface area (Å²) in [5.41, 5.74) is 2.20. The van der Waals surface area contributed by atoms with Crippen molar-refractivity contribution in [1.82, 2.24) is 4.98 Å². The van der Waals surface area contributed by atoms with E-state index in [1.54, 1.807) is 11.9 Å². The van der Waals surface area contributed by atoms with Crippen molar-refractivity contribution in [3.05, 3.63) is 53.7 Å². The number of fused-ring (bicyclic) bond motifs is 1. The number of H-pyrrole nitrogens is 1. The smallest absolute Gasteiger partial charge is 0.0715 e. The van der Waals surface area contributed by atoms with Gasteiger partial charge in [-0.15, -0.1) is 0 Å². The Hall–Kier alpha value is -1.27. The van der Waals surface area contributed by atoms with E-state index in [9.17, 15) is 0 Å². The highest BCUT2D eigenvalue weighted by Gasteiger charge is 2.13. The van der Waals surface area contributed by atoms with E-state index in [-0.39, 0.29) is 0 Å². The van der Waals surface area contributed by atoms with Crippen LogP contribution in [-0.4, -0.2) is 11.5 Å². The molecule has 2 aromatic carbocycles. The molecule has 0 aliphatic carbocycles. The van der Waals surface area contributed by atoms with Crippen LogP contribution in [0.5, 0.6) is 0 Å². The summed E-state index contributed by atoms with van der Waals surface area (Å²) in [5.74, 6) is 0. The third-order valence-electron chi connectivity index (χ3n) is 3.37. The standard InChI is InChI=1S/C16H16ClN3S2/c1-2-20(22-12-8-6-11(21-18)7-9-12)15-5-3-4-13-14(17)10-19-16(13)15/h3-10,19H,2,18H2,1H3. The Morgan fingerprint density at radius 2 is 1.86 bits per heavy atom. The van der Waals surface area contributed by atoms with Crippen LogP contribution >= 0.6 is 35.5 Å². The Morgan fingerprint density at radius 3 is 2.55 bits per heavy atom. The minimum Gasteiger partial charge on any atom is -0.358 e. The zero-order chi connectivity index (χ0) is 15.5. The lowest BCUT2D eigenvalue weighted by Crippen LogP contribution is -2.13. The zero-order valence-electron chi connectivity index (χ0n) is 12.0. The van der Waals surface area contributed by atoms with E-state index in [0.29, 0.717) is 0 Å². The number of rotatable bonds is 5. The fourth-order valence-electron chi connectivity index (χ4n) is 2.30. The van der Waals surface area contributed by atoms with Gasteiger partial charge in [0.2, 0.25) is 0 Å². The van der Waals surface area contributed by atoms with Crippen LogP contribution in [0.3, 0.4) is 0 Å². The number of hydrogen-bond donors (Lipinski definition) is 2. The Bertz CT molecular complexity index is 771. The second-order valence-corrected chi connectivity index (χ2v) is 6.92. The average molecular weight is 350 g/mol. The predicted octanol–water partition coefficient (Wildman–Crippen LogP) is 5.32. The molecule has 1 heterocycles. The number of nitrogens with one attached hydrogen (secondary N) is 1. The number of nitrogens with zero attached hydrogens (tertiary/aromatic N) is 1. The zero-order valence-corrected chi connectivity index (χ0v) is 14.4. The Kier molecular flexibility index (Phi) is 4.88. The quantitative estimate of drug-likeness (QED) is 0.612. The SMILES string of the molecule is CCN(Sc1ccc(SN)cc1)c1cccc2c(Cl)c[nH]c12. The number of para-hydroxylation sites is 1. The highest BCUT2D eigenvalue weighted by molar-refractivity contribution is 8.00. The Morgan fingerprint density at radius 1 is 1.14 bits per heavy atom. The van der Waals surface area contributed by atoms with Crippen LogP contribution in [0.25, 0.3) is 10.9 Å². The molecule has 6 heteroatoms. The van der Waals surface area contributed by atoms with Crippen LogP contribution in [-0.2, 0) is 0 Å². The first kappa shape index (κ1) is 15.6. The second-order valence-electron chi connectivity index (χ2n) is 4.71. The molecule has 1 aromatic heterocycles. The van der Waals surface area contributed by atoms with E-state index < -0.39 is 0 Å². The molecule has 0 saturated carbocycles. The summed E-state index contributed by atoms with van der Waals surface area (Å²) in [6.07, 6.45) is 1.83. The van der Waals surface area contributed by atoms with Crippen LogP contribution in [0, 0.1) is 0 Å². The van der Waals surface area contributed by atoms with E-state index >= 15 is 0 Å². The van der Waals surface area contributed by atoms with Gasteiger partial charge in [0.1, 0.15) is 0 Å². The molecule has 3 aromatic rings.